The first-order valence-electron chi connectivity index (χ1n) is 5.55. The number of hydrazone groups is 1. The van der Waals surface area contributed by atoms with E-state index in [2.05, 4.69) is 10.5 Å². The summed E-state index contributed by atoms with van der Waals surface area (Å²) in [5.41, 5.74) is 3.79. The Balaban J connectivity index is 2.14. The van der Waals surface area contributed by atoms with E-state index in [0.717, 1.165) is 0 Å². The zero-order chi connectivity index (χ0) is 14.5. The highest BCUT2D eigenvalue weighted by Gasteiger charge is 2.05. The van der Waals surface area contributed by atoms with Gasteiger partial charge in [0.1, 0.15) is 0 Å². The average Bonchev–Trinajstić information content (AvgIpc) is 2.42. The van der Waals surface area contributed by atoms with Crippen molar-refractivity contribution in [2.45, 2.75) is 0 Å². The SMILES string of the molecule is O=[N+]([O-])c1cccc(/C=N/Nc2c(Cl)cccc2Cl)c1. The first-order chi connectivity index (χ1) is 9.58. The molecule has 2 rings (SSSR count). The molecule has 0 saturated heterocycles. The van der Waals surface area contributed by atoms with Gasteiger partial charge in [-0.05, 0) is 12.1 Å². The predicted molar refractivity (Wildman–Crippen MR) is 80.8 cm³/mol. The summed E-state index contributed by atoms with van der Waals surface area (Å²) in [6.45, 7) is 0. The molecule has 0 atom stereocenters. The fourth-order valence-corrected chi connectivity index (χ4v) is 1.98. The first kappa shape index (κ1) is 14.3. The van der Waals surface area contributed by atoms with E-state index in [9.17, 15) is 10.1 Å². The van der Waals surface area contributed by atoms with Crippen molar-refractivity contribution in [3.05, 3.63) is 68.2 Å². The molecule has 0 radical (unpaired) electrons. The van der Waals surface area contributed by atoms with E-state index in [4.69, 9.17) is 23.2 Å². The van der Waals surface area contributed by atoms with Gasteiger partial charge >= 0.3 is 0 Å². The minimum atomic E-state index is -0.463. The van der Waals surface area contributed by atoms with Crippen LogP contribution in [0.4, 0.5) is 11.4 Å². The summed E-state index contributed by atoms with van der Waals surface area (Å²) in [6.07, 6.45) is 1.45. The van der Waals surface area contributed by atoms with Crippen LogP contribution in [0.5, 0.6) is 0 Å². The number of halogens is 2. The Hall–Kier alpha value is -2.11. The van der Waals surface area contributed by atoms with Gasteiger partial charge in [0.05, 0.1) is 26.9 Å². The van der Waals surface area contributed by atoms with E-state index in [0.29, 0.717) is 21.3 Å². The van der Waals surface area contributed by atoms with Gasteiger partial charge in [-0.3, -0.25) is 15.5 Å². The number of anilines is 1. The van der Waals surface area contributed by atoms with Crippen molar-refractivity contribution in [1.82, 2.24) is 0 Å². The van der Waals surface area contributed by atoms with Crippen LogP contribution in [0.2, 0.25) is 10.0 Å². The van der Waals surface area contributed by atoms with Gasteiger partial charge < -0.3 is 0 Å². The number of para-hydroxylation sites is 1. The van der Waals surface area contributed by atoms with Crippen LogP contribution < -0.4 is 5.43 Å². The molecule has 0 bridgehead atoms. The molecule has 0 heterocycles. The van der Waals surface area contributed by atoms with Crippen molar-refractivity contribution in [3.63, 3.8) is 0 Å². The quantitative estimate of drug-likeness (QED) is 0.518. The molecular formula is C13H9Cl2N3O2. The molecular weight excluding hydrogens is 301 g/mol. The van der Waals surface area contributed by atoms with E-state index in [1.165, 1.54) is 18.3 Å². The third-order valence-electron chi connectivity index (χ3n) is 2.43. The Bertz CT molecular complexity index is 654. The number of nitrogens with one attached hydrogen (secondary N) is 1. The van der Waals surface area contributed by atoms with Gasteiger partial charge in [0.2, 0.25) is 0 Å². The molecule has 0 fully saturated rings. The highest BCUT2D eigenvalue weighted by Crippen LogP contribution is 2.29. The lowest BCUT2D eigenvalue weighted by Gasteiger charge is -2.04. The van der Waals surface area contributed by atoms with Crippen LogP contribution in [0.25, 0.3) is 0 Å². The largest absolute Gasteiger partial charge is 0.275 e. The Kier molecular flexibility index (Phi) is 4.55. The molecule has 0 aliphatic rings. The van der Waals surface area contributed by atoms with Gasteiger partial charge in [-0.2, -0.15) is 5.10 Å². The Labute approximate surface area is 125 Å². The second-order valence-corrected chi connectivity index (χ2v) is 4.63. The highest BCUT2D eigenvalue weighted by atomic mass is 35.5. The van der Waals surface area contributed by atoms with Crippen molar-refractivity contribution in [2.75, 3.05) is 5.43 Å². The fourth-order valence-electron chi connectivity index (χ4n) is 1.49. The van der Waals surface area contributed by atoms with E-state index in [1.54, 1.807) is 30.3 Å². The van der Waals surface area contributed by atoms with E-state index < -0.39 is 4.92 Å². The van der Waals surface area contributed by atoms with Crippen LogP contribution in [0.15, 0.2) is 47.6 Å². The topological polar surface area (TPSA) is 67.5 Å². The van der Waals surface area contributed by atoms with Gasteiger partial charge in [0.15, 0.2) is 0 Å². The fraction of sp³-hybridized carbons (Fsp3) is 0. The molecule has 2 aromatic rings. The summed E-state index contributed by atoms with van der Waals surface area (Å²) in [5.74, 6) is 0. The molecule has 0 saturated carbocycles. The molecule has 0 aromatic heterocycles. The van der Waals surface area contributed by atoms with E-state index >= 15 is 0 Å². The molecule has 0 amide bonds. The summed E-state index contributed by atoms with van der Waals surface area (Å²) in [4.78, 5) is 10.2. The molecule has 7 heteroatoms. The number of nitro benzene ring substituents is 1. The minimum absolute atomic E-state index is 0.00438. The average molecular weight is 310 g/mol. The second-order valence-electron chi connectivity index (χ2n) is 3.82. The maximum absolute atomic E-state index is 10.6. The van der Waals surface area contributed by atoms with Crippen LogP contribution in [0.3, 0.4) is 0 Å². The minimum Gasteiger partial charge on any atom is -0.275 e. The molecule has 0 spiro atoms. The van der Waals surface area contributed by atoms with Crippen molar-refractivity contribution >= 4 is 40.8 Å². The molecule has 1 N–H and O–H groups in total. The van der Waals surface area contributed by atoms with Crippen LogP contribution in [0, 0.1) is 10.1 Å². The number of non-ortho nitro benzene ring substituents is 1. The summed E-state index contributed by atoms with van der Waals surface area (Å²) in [5, 5.41) is 15.5. The summed E-state index contributed by atoms with van der Waals surface area (Å²) in [7, 11) is 0. The molecule has 0 unspecified atom stereocenters. The van der Waals surface area contributed by atoms with Crippen LogP contribution >= 0.6 is 23.2 Å². The van der Waals surface area contributed by atoms with Crippen molar-refractivity contribution in [2.24, 2.45) is 5.10 Å². The van der Waals surface area contributed by atoms with Crippen LogP contribution in [0.1, 0.15) is 5.56 Å². The number of nitrogens with zero attached hydrogens (tertiary/aromatic N) is 2. The Morgan fingerprint density at radius 3 is 2.45 bits per heavy atom. The lowest BCUT2D eigenvalue weighted by Crippen LogP contribution is -1.93. The van der Waals surface area contributed by atoms with E-state index in [-0.39, 0.29) is 5.69 Å². The Morgan fingerprint density at radius 1 is 1.15 bits per heavy atom. The monoisotopic (exact) mass is 309 g/mol. The third-order valence-corrected chi connectivity index (χ3v) is 3.06. The molecule has 5 nitrogen and oxygen atoms in total. The number of hydrogen-bond acceptors (Lipinski definition) is 4. The summed E-state index contributed by atoms with van der Waals surface area (Å²) in [6, 6.07) is 11.2. The molecule has 0 aliphatic heterocycles. The van der Waals surface area contributed by atoms with Gasteiger partial charge in [-0.1, -0.05) is 41.4 Å². The van der Waals surface area contributed by atoms with Gasteiger partial charge in [0, 0.05) is 17.7 Å². The van der Waals surface area contributed by atoms with Crippen LogP contribution in [-0.2, 0) is 0 Å². The highest BCUT2D eigenvalue weighted by molar-refractivity contribution is 6.39. The maximum Gasteiger partial charge on any atom is 0.270 e. The lowest BCUT2D eigenvalue weighted by molar-refractivity contribution is -0.384. The second kappa shape index (κ2) is 6.36. The summed E-state index contributed by atoms with van der Waals surface area (Å²) < 4.78 is 0. The lowest BCUT2D eigenvalue weighted by atomic mass is 10.2. The van der Waals surface area contributed by atoms with Crippen molar-refractivity contribution < 1.29 is 4.92 Å². The number of rotatable bonds is 4. The number of nitro groups is 1. The molecule has 2 aromatic carbocycles. The van der Waals surface area contributed by atoms with Gasteiger partial charge in [-0.15, -0.1) is 0 Å². The standard InChI is InChI=1S/C13H9Cl2N3O2/c14-11-5-2-6-12(15)13(11)17-16-8-9-3-1-4-10(7-9)18(19)20/h1-8,17H/b16-8+. The van der Waals surface area contributed by atoms with Crippen molar-refractivity contribution in [1.29, 1.82) is 0 Å². The van der Waals surface area contributed by atoms with Crippen LogP contribution in [-0.4, -0.2) is 11.1 Å². The van der Waals surface area contributed by atoms with Gasteiger partial charge in [0.25, 0.3) is 5.69 Å². The zero-order valence-corrected chi connectivity index (χ0v) is 11.6. The zero-order valence-electron chi connectivity index (χ0n) is 10.1. The van der Waals surface area contributed by atoms with Crippen molar-refractivity contribution in [3.8, 4) is 0 Å². The predicted octanol–water partition coefficient (Wildman–Crippen LogP) is 4.35. The number of benzene rings is 2. The molecule has 102 valence electrons. The first-order valence-corrected chi connectivity index (χ1v) is 6.31. The van der Waals surface area contributed by atoms with E-state index in [1.807, 2.05) is 0 Å². The van der Waals surface area contributed by atoms with Gasteiger partial charge in [-0.25, -0.2) is 0 Å². The third kappa shape index (κ3) is 3.46. The summed E-state index contributed by atoms with van der Waals surface area (Å²) >= 11 is 11.9. The maximum atomic E-state index is 10.6. The number of hydrogen-bond donors (Lipinski definition) is 1. The normalized spacial score (nSPS) is 10.7. The Morgan fingerprint density at radius 2 is 1.80 bits per heavy atom. The molecule has 20 heavy (non-hydrogen) atoms. The smallest absolute Gasteiger partial charge is 0.270 e. The molecule has 0 aliphatic carbocycles.